The third-order valence-corrected chi connectivity index (χ3v) is 4.06. The van der Waals surface area contributed by atoms with Crippen molar-refractivity contribution in [2.45, 2.75) is 110 Å². The van der Waals surface area contributed by atoms with Crippen LogP contribution in [0.4, 0.5) is 0 Å². The van der Waals surface area contributed by atoms with Crippen LogP contribution in [0.3, 0.4) is 0 Å². The molecule has 0 atom stereocenters. The highest BCUT2D eigenvalue weighted by Gasteiger charge is 1.94. The minimum absolute atomic E-state index is 0.873. The molecular formula is C19H42ClN. The number of rotatable bonds is 16. The van der Waals surface area contributed by atoms with E-state index in [0.29, 0.717) is 0 Å². The molecule has 0 unspecified atom stereocenters. The highest BCUT2D eigenvalue weighted by atomic mass is 35.5. The Kier molecular flexibility index (Phi) is 28.2. The lowest BCUT2D eigenvalue weighted by Gasteiger charge is -2.03. The average Bonchev–Trinajstić information content (AvgIpc) is 2.53. The monoisotopic (exact) mass is 319 g/mol. The maximum Gasteiger partial charge on any atom is 0.0108 e. The van der Waals surface area contributed by atoms with Crippen LogP contribution in [0.15, 0.2) is 0 Å². The number of nitrogens with two attached hydrogens (primary N) is 1. The SMILES string of the molecule is CCCCCCCCCCCCCCCCCCN.CCl. The van der Waals surface area contributed by atoms with Crippen molar-refractivity contribution in [2.24, 2.45) is 5.73 Å². The third-order valence-electron chi connectivity index (χ3n) is 4.06. The Balaban J connectivity index is 0. The summed E-state index contributed by atoms with van der Waals surface area (Å²) in [7, 11) is 0. The Morgan fingerprint density at radius 3 is 0.952 bits per heavy atom. The predicted octanol–water partition coefficient (Wildman–Crippen LogP) is 7.06. The topological polar surface area (TPSA) is 26.0 Å². The van der Waals surface area contributed by atoms with Crippen LogP contribution in [0, 0.1) is 0 Å². The van der Waals surface area contributed by atoms with E-state index in [2.05, 4.69) is 18.5 Å². The molecule has 0 radical (unpaired) electrons. The van der Waals surface area contributed by atoms with Gasteiger partial charge in [0.2, 0.25) is 0 Å². The van der Waals surface area contributed by atoms with E-state index in [4.69, 9.17) is 5.73 Å². The van der Waals surface area contributed by atoms with Gasteiger partial charge in [0.05, 0.1) is 0 Å². The van der Waals surface area contributed by atoms with Crippen LogP contribution in [0.1, 0.15) is 110 Å². The molecule has 0 spiro atoms. The number of hydrogen-bond acceptors (Lipinski definition) is 1. The first kappa shape index (κ1) is 23.5. The second-order valence-corrected chi connectivity index (χ2v) is 6.09. The molecule has 0 aliphatic heterocycles. The van der Waals surface area contributed by atoms with Crippen LogP contribution in [-0.4, -0.2) is 12.9 Å². The molecule has 0 saturated heterocycles. The minimum Gasteiger partial charge on any atom is -0.330 e. The molecule has 0 bridgehead atoms. The summed E-state index contributed by atoms with van der Waals surface area (Å²) >= 11 is 4.64. The molecule has 0 aliphatic rings. The smallest absolute Gasteiger partial charge is 0.0108 e. The van der Waals surface area contributed by atoms with Crippen molar-refractivity contribution in [1.29, 1.82) is 0 Å². The largest absolute Gasteiger partial charge is 0.330 e. The van der Waals surface area contributed by atoms with Gasteiger partial charge in [-0.3, -0.25) is 0 Å². The van der Waals surface area contributed by atoms with Crippen LogP contribution in [0.5, 0.6) is 0 Å². The van der Waals surface area contributed by atoms with E-state index in [0.717, 1.165) is 6.54 Å². The maximum absolute atomic E-state index is 5.48. The van der Waals surface area contributed by atoms with Crippen molar-refractivity contribution in [3.05, 3.63) is 0 Å². The zero-order chi connectivity index (χ0) is 16.0. The Hall–Kier alpha value is 0.250. The molecule has 21 heavy (non-hydrogen) atoms. The van der Waals surface area contributed by atoms with Gasteiger partial charge in [-0.25, -0.2) is 0 Å². The quantitative estimate of drug-likeness (QED) is 0.239. The summed E-state index contributed by atoms with van der Waals surface area (Å²) in [5.41, 5.74) is 5.48. The van der Waals surface area contributed by atoms with Gasteiger partial charge in [0, 0.05) is 6.38 Å². The Morgan fingerprint density at radius 1 is 0.476 bits per heavy atom. The molecule has 0 fully saturated rings. The zero-order valence-electron chi connectivity index (χ0n) is 15.0. The van der Waals surface area contributed by atoms with E-state index in [-0.39, 0.29) is 0 Å². The first-order valence-electron chi connectivity index (χ1n) is 9.49. The van der Waals surface area contributed by atoms with Crippen molar-refractivity contribution in [3.63, 3.8) is 0 Å². The van der Waals surface area contributed by atoms with Crippen LogP contribution >= 0.6 is 11.6 Å². The fourth-order valence-electron chi connectivity index (χ4n) is 2.69. The van der Waals surface area contributed by atoms with Crippen molar-refractivity contribution in [1.82, 2.24) is 0 Å². The van der Waals surface area contributed by atoms with E-state index in [9.17, 15) is 0 Å². The first-order chi connectivity index (χ1) is 10.4. The van der Waals surface area contributed by atoms with Crippen molar-refractivity contribution in [2.75, 3.05) is 12.9 Å². The lowest BCUT2D eigenvalue weighted by Crippen LogP contribution is -1.97. The molecule has 0 rings (SSSR count). The summed E-state index contributed by atoms with van der Waals surface area (Å²) < 4.78 is 0. The molecule has 0 amide bonds. The molecular weight excluding hydrogens is 278 g/mol. The summed E-state index contributed by atoms with van der Waals surface area (Å²) in [5, 5.41) is 0. The number of hydrogen-bond donors (Lipinski definition) is 1. The molecule has 0 heterocycles. The minimum atomic E-state index is 0.873. The highest BCUT2D eigenvalue weighted by molar-refractivity contribution is 6.15. The summed E-state index contributed by atoms with van der Waals surface area (Å²) in [6, 6.07) is 0. The molecule has 0 aliphatic carbocycles. The van der Waals surface area contributed by atoms with E-state index in [1.54, 1.807) is 0 Å². The van der Waals surface area contributed by atoms with Crippen molar-refractivity contribution >= 4 is 11.6 Å². The lowest BCUT2D eigenvalue weighted by molar-refractivity contribution is 0.530. The predicted molar refractivity (Wildman–Crippen MR) is 100 cm³/mol. The number of halogens is 1. The number of alkyl halides is 1. The fourth-order valence-corrected chi connectivity index (χ4v) is 2.69. The second kappa shape index (κ2) is 25.2. The van der Waals surface area contributed by atoms with Gasteiger partial charge < -0.3 is 5.73 Å². The van der Waals surface area contributed by atoms with Gasteiger partial charge >= 0.3 is 0 Å². The van der Waals surface area contributed by atoms with E-state index in [1.165, 1.54) is 109 Å². The summed E-state index contributed by atoms with van der Waals surface area (Å²) in [5.74, 6) is 0. The second-order valence-electron chi connectivity index (χ2n) is 6.09. The summed E-state index contributed by atoms with van der Waals surface area (Å²) in [4.78, 5) is 0. The standard InChI is InChI=1S/C18H39N.CH3Cl/c1-2-3-4-5-6-7-8-9-10-11-12-13-14-15-16-17-18-19;1-2/h2-19H2,1H3;1H3. The molecule has 0 aromatic rings. The first-order valence-corrected chi connectivity index (χ1v) is 10.2. The molecule has 1 nitrogen and oxygen atoms in total. The van der Waals surface area contributed by atoms with Gasteiger partial charge in [-0.05, 0) is 13.0 Å². The van der Waals surface area contributed by atoms with Gasteiger partial charge in [-0.15, -0.1) is 11.6 Å². The third kappa shape index (κ3) is 25.5. The summed E-state index contributed by atoms with van der Waals surface area (Å²) in [6.07, 6.45) is 24.3. The molecule has 0 aromatic carbocycles. The van der Waals surface area contributed by atoms with Crippen LogP contribution in [0.25, 0.3) is 0 Å². The molecule has 2 heteroatoms. The van der Waals surface area contributed by atoms with Gasteiger partial charge in [0.25, 0.3) is 0 Å². The average molecular weight is 320 g/mol. The molecule has 2 N–H and O–H groups in total. The molecule has 130 valence electrons. The van der Waals surface area contributed by atoms with E-state index < -0.39 is 0 Å². The normalized spacial score (nSPS) is 10.3. The van der Waals surface area contributed by atoms with Gasteiger partial charge in [0.1, 0.15) is 0 Å². The van der Waals surface area contributed by atoms with Crippen LogP contribution < -0.4 is 5.73 Å². The highest BCUT2D eigenvalue weighted by Crippen LogP contribution is 2.13. The van der Waals surface area contributed by atoms with E-state index >= 15 is 0 Å². The summed E-state index contributed by atoms with van der Waals surface area (Å²) in [6.45, 7) is 3.16. The fraction of sp³-hybridized carbons (Fsp3) is 1.00. The van der Waals surface area contributed by atoms with Crippen LogP contribution in [0.2, 0.25) is 0 Å². The maximum atomic E-state index is 5.48. The lowest BCUT2D eigenvalue weighted by atomic mass is 10.0. The molecule has 0 saturated carbocycles. The zero-order valence-corrected chi connectivity index (χ0v) is 15.7. The van der Waals surface area contributed by atoms with Gasteiger partial charge in [-0.2, -0.15) is 0 Å². The van der Waals surface area contributed by atoms with Crippen LogP contribution in [-0.2, 0) is 0 Å². The van der Waals surface area contributed by atoms with E-state index in [1.807, 2.05) is 0 Å². The Bertz CT molecular complexity index is 135. The van der Waals surface area contributed by atoms with Crippen molar-refractivity contribution in [3.8, 4) is 0 Å². The Labute approximate surface area is 140 Å². The molecule has 0 aromatic heterocycles. The van der Waals surface area contributed by atoms with Crippen molar-refractivity contribution < 1.29 is 0 Å². The van der Waals surface area contributed by atoms with Gasteiger partial charge in [0.15, 0.2) is 0 Å². The van der Waals surface area contributed by atoms with Gasteiger partial charge in [-0.1, -0.05) is 103 Å². The number of unbranched alkanes of at least 4 members (excludes halogenated alkanes) is 15. The Morgan fingerprint density at radius 2 is 0.714 bits per heavy atom.